The summed E-state index contributed by atoms with van der Waals surface area (Å²) in [6.45, 7) is 17.0. The summed E-state index contributed by atoms with van der Waals surface area (Å²) < 4.78 is 0. The molecule has 72 heavy (non-hydrogen) atoms. The van der Waals surface area contributed by atoms with E-state index in [9.17, 15) is 48.3 Å². The Kier molecular flexibility index (Phi) is 32.1. The molecule has 1 saturated heterocycles. The lowest BCUT2D eigenvalue weighted by molar-refractivity contribution is -0.136. The van der Waals surface area contributed by atoms with E-state index in [2.05, 4.69) is 56.4 Å². The van der Waals surface area contributed by atoms with E-state index >= 15 is 0 Å². The lowest BCUT2D eigenvalue weighted by Gasteiger charge is -2.28. The zero-order chi connectivity index (χ0) is 54.5. The molecule has 0 unspecified atom stereocenters. The number of aliphatic hydroxyl groups excluding tert-OH is 1. The van der Waals surface area contributed by atoms with E-state index < -0.39 is 107 Å². The molecule has 1 heterocycles. The van der Waals surface area contributed by atoms with Crippen LogP contribution in [-0.2, 0) is 43.2 Å². The third-order valence-electron chi connectivity index (χ3n) is 12.8. The summed E-state index contributed by atoms with van der Waals surface area (Å²) in [5.74, 6) is -6.54. The van der Waals surface area contributed by atoms with Gasteiger partial charge in [-0.3, -0.25) is 43.2 Å². The van der Waals surface area contributed by atoms with Gasteiger partial charge in [-0.15, -0.1) is 0 Å². The Labute approximate surface area is 429 Å². The Balaban J connectivity index is 3.79. The predicted molar refractivity (Wildman–Crippen MR) is 277 cm³/mol. The minimum Gasteiger partial charge on any atom is -0.393 e. The summed E-state index contributed by atoms with van der Waals surface area (Å²) in [7, 11) is 0. The number of ketones is 1. The fourth-order valence-corrected chi connectivity index (χ4v) is 8.58. The maximum atomic E-state index is 14.3. The number of rotatable bonds is 25. The zero-order valence-corrected chi connectivity index (χ0v) is 45.0. The first-order valence-corrected chi connectivity index (χ1v) is 26.7. The SMILES string of the molecule is CCC[C@@H]1NC(=O)[C@H](CCN)NC(=O)[C@H](CC(C)C)CC(=O)[C@@H](CC(C)C)NC(=O)[C@H](CCN)NC(=O)[C@@H](NC(=O)[C@@H](CCN)NC(=O)C[C@H](O)CCCC[C@@H](C)CC)CCNC(=O)[C@H](CC(C)C)NC1=O. The Bertz CT molecular complexity index is 1720. The van der Waals surface area contributed by atoms with Gasteiger partial charge in [0.25, 0.3) is 0 Å². The van der Waals surface area contributed by atoms with E-state index in [-0.39, 0.29) is 108 Å². The van der Waals surface area contributed by atoms with E-state index in [0.717, 1.165) is 25.7 Å². The van der Waals surface area contributed by atoms with Crippen molar-refractivity contribution in [2.24, 2.45) is 46.8 Å². The highest BCUT2D eigenvalue weighted by Gasteiger charge is 2.36. The van der Waals surface area contributed by atoms with Gasteiger partial charge in [-0.05, 0) is 101 Å². The van der Waals surface area contributed by atoms with Gasteiger partial charge in [0.1, 0.15) is 36.3 Å². The van der Waals surface area contributed by atoms with Crippen LogP contribution in [0.5, 0.6) is 0 Å². The molecule has 0 aliphatic carbocycles. The minimum atomic E-state index is -1.42. The van der Waals surface area contributed by atoms with Gasteiger partial charge < -0.3 is 64.8 Å². The van der Waals surface area contributed by atoms with Gasteiger partial charge in [0, 0.05) is 18.9 Å². The van der Waals surface area contributed by atoms with Crippen molar-refractivity contribution in [3.05, 3.63) is 0 Å². The second-order valence-electron chi connectivity index (χ2n) is 21.0. The monoisotopic (exact) mass is 1020 g/mol. The molecule has 1 fully saturated rings. The van der Waals surface area contributed by atoms with Gasteiger partial charge in [0.2, 0.25) is 47.3 Å². The van der Waals surface area contributed by atoms with Crippen molar-refractivity contribution in [1.82, 2.24) is 42.5 Å². The number of aliphatic hydroxyl groups is 1. The van der Waals surface area contributed by atoms with Crippen LogP contribution in [0, 0.1) is 29.6 Å². The molecule has 1 rings (SSSR count). The quantitative estimate of drug-likeness (QED) is 0.0565. The van der Waals surface area contributed by atoms with Crippen molar-refractivity contribution in [1.29, 1.82) is 0 Å². The smallest absolute Gasteiger partial charge is 0.243 e. The molecule has 21 heteroatoms. The van der Waals surface area contributed by atoms with Crippen molar-refractivity contribution < 1.29 is 48.3 Å². The molecule has 1 aliphatic heterocycles. The van der Waals surface area contributed by atoms with E-state index in [0.29, 0.717) is 18.8 Å². The van der Waals surface area contributed by atoms with Crippen molar-refractivity contribution in [3.8, 4) is 0 Å². The molecule has 0 radical (unpaired) electrons. The number of unbranched alkanes of at least 4 members (excludes halogenated alkanes) is 1. The highest BCUT2D eigenvalue weighted by atomic mass is 16.3. The number of carbonyl (C=O) groups is 9. The Morgan fingerprint density at radius 3 is 1.64 bits per heavy atom. The molecule has 10 atom stereocenters. The van der Waals surface area contributed by atoms with Crippen LogP contribution < -0.4 is 59.7 Å². The molecule has 1 aliphatic rings. The summed E-state index contributed by atoms with van der Waals surface area (Å²) >= 11 is 0. The number of hydrogen-bond acceptors (Lipinski definition) is 13. The van der Waals surface area contributed by atoms with Gasteiger partial charge in [-0.1, -0.05) is 94.4 Å². The van der Waals surface area contributed by atoms with Crippen LogP contribution in [0.3, 0.4) is 0 Å². The summed E-state index contributed by atoms with van der Waals surface area (Å²) in [6.07, 6.45) is 3.57. The molecule has 0 spiro atoms. The molecule has 0 aromatic carbocycles. The Morgan fingerprint density at radius 2 is 1.11 bits per heavy atom. The van der Waals surface area contributed by atoms with E-state index in [4.69, 9.17) is 17.2 Å². The van der Waals surface area contributed by atoms with Crippen LogP contribution in [0.4, 0.5) is 0 Å². The third kappa shape index (κ3) is 25.8. The normalized spacial score (nSPS) is 24.1. The topological polar surface area (TPSA) is 348 Å². The van der Waals surface area contributed by atoms with Crippen molar-refractivity contribution in [3.63, 3.8) is 0 Å². The fraction of sp³-hybridized carbons (Fsp3) is 0.824. The lowest BCUT2D eigenvalue weighted by Crippen LogP contribution is -2.59. The van der Waals surface area contributed by atoms with E-state index in [1.807, 2.05) is 48.5 Å². The van der Waals surface area contributed by atoms with Crippen LogP contribution in [-0.4, -0.2) is 133 Å². The first-order valence-electron chi connectivity index (χ1n) is 26.7. The highest BCUT2D eigenvalue weighted by molar-refractivity contribution is 5.98. The van der Waals surface area contributed by atoms with Crippen molar-refractivity contribution in [2.45, 2.75) is 213 Å². The van der Waals surface area contributed by atoms with Crippen LogP contribution in [0.2, 0.25) is 0 Å². The molecule has 0 bridgehead atoms. The number of amides is 8. The summed E-state index contributed by atoms with van der Waals surface area (Å²) in [4.78, 5) is 126. The molecule has 0 aromatic heterocycles. The molecule has 0 aromatic rings. The van der Waals surface area contributed by atoms with Gasteiger partial charge in [0.15, 0.2) is 5.78 Å². The lowest BCUT2D eigenvalue weighted by atomic mass is 9.87. The van der Waals surface area contributed by atoms with E-state index in [1.165, 1.54) is 0 Å². The number of Topliss-reactive ketones (excluding diaryl/α,β-unsaturated/α-hetero) is 1. The second-order valence-corrected chi connectivity index (χ2v) is 21.0. The third-order valence-corrected chi connectivity index (χ3v) is 12.8. The second kappa shape index (κ2) is 35.4. The highest BCUT2D eigenvalue weighted by Crippen LogP contribution is 2.21. The molecule has 15 N–H and O–H groups in total. The fourth-order valence-electron chi connectivity index (χ4n) is 8.58. The standard InChI is InChI=1S/C51H95N11O10/c1-10-14-36-47(68)62-42(27-32(7)8)46(67)55-24-20-40(60-48(69)37(17-21-52)56-44(65)29-35(63)16-13-12-15-33(9)11-2)51(72)59-39(19-23-54)50(71)61-41(26-31(5)6)43(64)28-34(25-30(3)4)45(66)57-38(18-22-53)49(70)58-36/h30-42,63H,10-29,52-54H2,1-9H3,(H,55,67)(H,56,65)(H,57,66)(H,58,70)(H,59,72)(H,60,69)(H,61,71)(H,62,68)/t33-,34+,35+,36-,37+,38-,39-,40-,41+,42-/m0/s1. The van der Waals surface area contributed by atoms with Crippen molar-refractivity contribution in [2.75, 3.05) is 26.2 Å². The maximum absolute atomic E-state index is 14.3. The first-order chi connectivity index (χ1) is 34.0. The summed E-state index contributed by atoms with van der Waals surface area (Å²) in [5.41, 5.74) is 17.7. The maximum Gasteiger partial charge on any atom is 0.243 e. The molecule has 414 valence electrons. The Morgan fingerprint density at radius 1 is 0.611 bits per heavy atom. The van der Waals surface area contributed by atoms with Crippen LogP contribution in [0.25, 0.3) is 0 Å². The van der Waals surface area contributed by atoms with Crippen molar-refractivity contribution >= 4 is 53.0 Å². The van der Waals surface area contributed by atoms with Crippen LogP contribution >= 0.6 is 0 Å². The number of hydrogen-bond donors (Lipinski definition) is 12. The largest absolute Gasteiger partial charge is 0.393 e. The molecule has 21 nitrogen and oxygen atoms in total. The molecular weight excluding hydrogens is 927 g/mol. The molecular formula is C51H95N11O10. The van der Waals surface area contributed by atoms with Gasteiger partial charge in [-0.25, -0.2) is 0 Å². The minimum absolute atomic E-state index is 0.00965. The molecule has 0 saturated carbocycles. The van der Waals surface area contributed by atoms with E-state index in [1.54, 1.807) is 0 Å². The van der Waals surface area contributed by atoms with Crippen LogP contribution in [0.15, 0.2) is 0 Å². The summed E-state index contributed by atoms with van der Waals surface area (Å²) in [5, 5.41) is 32.4. The van der Waals surface area contributed by atoms with Crippen LogP contribution in [0.1, 0.15) is 165 Å². The van der Waals surface area contributed by atoms with Gasteiger partial charge in [-0.2, -0.15) is 0 Å². The van der Waals surface area contributed by atoms with Gasteiger partial charge in [0.05, 0.1) is 18.6 Å². The predicted octanol–water partition coefficient (Wildman–Crippen LogP) is 0.818. The Hall–Kier alpha value is -4.73. The first kappa shape index (κ1) is 65.3. The average Bonchev–Trinajstić information content (AvgIpc) is 3.30. The average molecular weight is 1020 g/mol. The zero-order valence-electron chi connectivity index (χ0n) is 45.0. The summed E-state index contributed by atoms with van der Waals surface area (Å²) in [6, 6.07) is -8.41. The number of nitrogens with one attached hydrogen (secondary N) is 8. The van der Waals surface area contributed by atoms with Gasteiger partial charge >= 0.3 is 0 Å². The molecule has 8 amide bonds. The number of nitrogens with two attached hydrogens (primary N) is 3. The number of carbonyl (C=O) groups excluding carboxylic acids is 9.